The minimum atomic E-state index is -0.000180. The zero-order valence-electron chi connectivity index (χ0n) is 9.66. The lowest BCUT2D eigenvalue weighted by molar-refractivity contribution is 0.125. The van der Waals surface area contributed by atoms with Gasteiger partial charge in [-0.2, -0.15) is 0 Å². The number of rotatable bonds is 3. The van der Waals surface area contributed by atoms with E-state index in [1.54, 1.807) is 14.2 Å². The summed E-state index contributed by atoms with van der Waals surface area (Å²) in [5.74, 6) is 1.46. The van der Waals surface area contributed by atoms with Crippen molar-refractivity contribution in [3.05, 3.63) is 35.9 Å². The number of hydrogen-bond acceptors (Lipinski definition) is 3. The number of benzene rings is 1. The summed E-state index contributed by atoms with van der Waals surface area (Å²) in [5.41, 5.74) is 2.19. The monoisotopic (exact) mass is 220 g/mol. The first-order valence-electron chi connectivity index (χ1n) is 5.27. The minimum Gasteiger partial charge on any atom is -0.493 e. The van der Waals surface area contributed by atoms with Gasteiger partial charge >= 0.3 is 0 Å². The van der Waals surface area contributed by atoms with Gasteiger partial charge in [0.2, 0.25) is 0 Å². The molecule has 16 heavy (non-hydrogen) atoms. The fraction of sp³-hybridized carbons (Fsp3) is 0.385. The van der Waals surface area contributed by atoms with Gasteiger partial charge in [-0.1, -0.05) is 12.6 Å². The fourth-order valence-corrected chi connectivity index (χ4v) is 1.90. The first-order chi connectivity index (χ1) is 7.76. The second-order valence-electron chi connectivity index (χ2n) is 3.77. The summed E-state index contributed by atoms with van der Waals surface area (Å²) in [6.45, 7) is 4.76. The lowest BCUT2D eigenvalue weighted by Crippen LogP contribution is -1.99. The Labute approximate surface area is 95.6 Å². The molecule has 1 atom stereocenters. The van der Waals surface area contributed by atoms with Crippen molar-refractivity contribution in [2.45, 2.75) is 12.5 Å². The molecule has 1 aliphatic heterocycles. The van der Waals surface area contributed by atoms with Crippen molar-refractivity contribution in [3.63, 3.8) is 0 Å². The molecule has 0 aliphatic carbocycles. The lowest BCUT2D eigenvalue weighted by Gasteiger charge is -2.14. The first-order valence-corrected chi connectivity index (χ1v) is 5.27. The molecule has 0 amide bonds. The summed E-state index contributed by atoms with van der Waals surface area (Å²) in [4.78, 5) is 0. The van der Waals surface area contributed by atoms with E-state index < -0.39 is 0 Å². The van der Waals surface area contributed by atoms with Crippen molar-refractivity contribution in [1.82, 2.24) is 0 Å². The van der Waals surface area contributed by atoms with Crippen molar-refractivity contribution < 1.29 is 14.2 Å². The molecule has 0 saturated carbocycles. The molecule has 0 bridgehead atoms. The normalized spacial score (nSPS) is 19.9. The van der Waals surface area contributed by atoms with Gasteiger partial charge in [0.25, 0.3) is 0 Å². The molecule has 1 aromatic rings. The van der Waals surface area contributed by atoms with E-state index in [1.165, 1.54) is 0 Å². The standard InChI is InChI=1S/C13H16O3/c1-9-6-7-16-13(9)10-4-5-11(14-2)12(8-10)15-3/h4-5,8,13H,1,6-7H2,2-3H3/t13-/m0/s1. The smallest absolute Gasteiger partial charge is 0.161 e. The Morgan fingerprint density at radius 3 is 2.56 bits per heavy atom. The molecule has 0 radical (unpaired) electrons. The minimum absolute atomic E-state index is 0.000180. The van der Waals surface area contributed by atoms with Gasteiger partial charge in [0.15, 0.2) is 11.5 Å². The average molecular weight is 220 g/mol. The lowest BCUT2D eigenvalue weighted by atomic mass is 10.0. The summed E-state index contributed by atoms with van der Waals surface area (Å²) < 4.78 is 16.1. The third-order valence-corrected chi connectivity index (χ3v) is 2.79. The molecule has 1 fully saturated rings. The maximum atomic E-state index is 5.63. The first kappa shape index (κ1) is 11.0. The molecule has 0 aromatic heterocycles. The molecule has 0 unspecified atom stereocenters. The van der Waals surface area contributed by atoms with Gasteiger partial charge in [-0.25, -0.2) is 0 Å². The van der Waals surface area contributed by atoms with Crippen LogP contribution in [-0.2, 0) is 4.74 Å². The van der Waals surface area contributed by atoms with Crippen LogP contribution in [0, 0.1) is 0 Å². The van der Waals surface area contributed by atoms with E-state index in [0.29, 0.717) is 0 Å². The van der Waals surface area contributed by atoms with Crippen LogP contribution in [0.25, 0.3) is 0 Å². The molecule has 2 rings (SSSR count). The summed E-state index contributed by atoms with van der Waals surface area (Å²) in [7, 11) is 3.26. The molecular formula is C13H16O3. The van der Waals surface area contributed by atoms with Gasteiger partial charge in [-0.15, -0.1) is 0 Å². The zero-order valence-corrected chi connectivity index (χ0v) is 9.66. The van der Waals surface area contributed by atoms with Gasteiger partial charge < -0.3 is 14.2 Å². The Morgan fingerprint density at radius 1 is 1.25 bits per heavy atom. The molecule has 1 aliphatic rings. The quantitative estimate of drug-likeness (QED) is 0.733. The van der Waals surface area contributed by atoms with Gasteiger partial charge in [0, 0.05) is 0 Å². The van der Waals surface area contributed by atoms with Crippen LogP contribution in [0.4, 0.5) is 0 Å². The molecular weight excluding hydrogens is 204 g/mol. The highest BCUT2D eigenvalue weighted by Gasteiger charge is 2.22. The van der Waals surface area contributed by atoms with Gasteiger partial charge in [-0.3, -0.25) is 0 Å². The van der Waals surface area contributed by atoms with Crippen LogP contribution < -0.4 is 9.47 Å². The molecule has 86 valence electrons. The number of hydrogen-bond donors (Lipinski definition) is 0. The van der Waals surface area contributed by atoms with Crippen LogP contribution in [-0.4, -0.2) is 20.8 Å². The fourth-order valence-electron chi connectivity index (χ4n) is 1.90. The van der Waals surface area contributed by atoms with Gasteiger partial charge in [-0.05, 0) is 29.7 Å². The Bertz CT molecular complexity index is 398. The van der Waals surface area contributed by atoms with Gasteiger partial charge in [0.05, 0.1) is 20.8 Å². The summed E-state index contributed by atoms with van der Waals surface area (Å²) in [6, 6.07) is 5.83. The Kier molecular flexibility index (Phi) is 3.15. The highest BCUT2D eigenvalue weighted by atomic mass is 16.5. The van der Waals surface area contributed by atoms with E-state index in [2.05, 4.69) is 6.58 Å². The van der Waals surface area contributed by atoms with Crippen LogP contribution in [0.1, 0.15) is 18.1 Å². The number of methoxy groups -OCH3 is 2. The Balaban J connectivity index is 2.32. The van der Waals surface area contributed by atoms with Crippen molar-refractivity contribution in [2.24, 2.45) is 0 Å². The third-order valence-electron chi connectivity index (χ3n) is 2.79. The van der Waals surface area contributed by atoms with E-state index >= 15 is 0 Å². The second kappa shape index (κ2) is 4.58. The summed E-state index contributed by atoms with van der Waals surface area (Å²) in [5, 5.41) is 0. The summed E-state index contributed by atoms with van der Waals surface area (Å²) in [6.07, 6.45) is 0.929. The van der Waals surface area contributed by atoms with Crippen molar-refractivity contribution in [2.75, 3.05) is 20.8 Å². The maximum Gasteiger partial charge on any atom is 0.161 e. The number of ether oxygens (including phenoxy) is 3. The van der Waals surface area contributed by atoms with E-state index in [-0.39, 0.29) is 6.10 Å². The van der Waals surface area contributed by atoms with E-state index in [9.17, 15) is 0 Å². The topological polar surface area (TPSA) is 27.7 Å². The molecule has 1 aromatic carbocycles. The summed E-state index contributed by atoms with van der Waals surface area (Å²) >= 11 is 0. The molecule has 3 heteroatoms. The van der Waals surface area contributed by atoms with Crippen LogP contribution in [0.15, 0.2) is 30.4 Å². The molecule has 0 N–H and O–H groups in total. The highest BCUT2D eigenvalue weighted by molar-refractivity contribution is 5.45. The van der Waals surface area contributed by atoms with Crippen LogP contribution in [0.2, 0.25) is 0 Å². The van der Waals surface area contributed by atoms with Crippen LogP contribution in [0.3, 0.4) is 0 Å². The predicted octanol–water partition coefficient (Wildman–Crippen LogP) is 2.72. The molecule has 1 saturated heterocycles. The molecule has 1 heterocycles. The van der Waals surface area contributed by atoms with Gasteiger partial charge in [0.1, 0.15) is 6.10 Å². The molecule has 0 spiro atoms. The SMILES string of the molecule is C=C1CCO[C@@H]1c1ccc(OC)c(OC)c1. The molecule has 3 nitrogen and oxygen atoms in total. The average Bonchev–Trinajstić information content (AvgIpc) is 2.74. The second-order valence-corrected chi connectivity index (χ2v) is 3.77. The Morgan fingerprint density at radius 2 is 2.00 bits per heavy atom. The largest absolute Gasteiger partial charge is 0.493 e. The van der Waals surface area contributed by atoms with Crippen LogP contribution >= 0.6 is 0 Å². The Hall–Kier alpha value is -1.48. The third kappa shape index (κ3) is 1.91. The van der Waals surface area contributed by atoms with Crippen molar-refractivity contribution >= 4 is 0 Å². The highest BCUT2D eigenvalue weighted by Crippen LogP contribution is 2.37. The van der Waals surface area contributed by atoms with Crippen LogP contribution in [0.5, 0.6) is 11.5 Å². The maximum absolute atomic E-state index is 5.63. The van der Waals surface area contributed by atoms with E-state index in [1.807, 2.05) is 18.2 Å². The van der Waals surface area contributed by atoms with Crippen molar-refractivity contribution in [3.8, 4) is 11.5 Å². The predicted molar refractivity (Wildman–Crippen MR) is 62.0 cm³/mol. The zero-order chi connectivity index (χ0) is 11.5. The van der Waals surface area contributed by atoms with Crippen molar-refractivity contribution in [1.29, 1.82) is 0 Å². The van der Waals surface area contributed by atoms with E-state index in [4.69, 9.17) is 14.2 Å². The van der Waals surface area contributed by atoms with E-state index in [0.717, 1.165) is 35.7 Å².